The second-order valence-electron chi connectivity index (χ2n) is 4.52. The highest BCUT2D eigenvalue weighted by molar-refractivity contribution is 6.32. The zero-order valence-corrected chi connectivity index (χ0v) is 12.6. The van der Waals surface area contributed by atoms with Gasteiger partial charge in [-0.2, -0.15) is 0 Å². The predicted octanol–water partition coefficient (Wildman–Crippen LogP) is 3.36. The van der Waals surface area contributed by atoms with Crippen molar-refractivity contribution in [1.29, 1.82) is 0 Å². The van der Waals surface area contributed by atoms with Gasteiger partial charge in [-0.15, -0.1) is 0 Å². The molecule has 2 rings (SSSR count). The summed E-state index contributed by atoms with van der Waals surface area (Å²) in [4.78, 5) is 11.6. The first-order valence-corrected chi connectivity index (χ1v) is 7.16. The number of nitrogens with one attached hydrogen (secondary N) is 2. The van der Waals surface area contributed by atoms with Gasteiger partial charge in [-0.05, 0) is 23.8 Å². The number of benzene rings is 2. The van der Waals surface area contributed by atoms with E-state index in [1.807, 2.05) is 30.3 Å². The standard InChI is InChI=1S/C16H16ClFN2O2/c17-14-10-13(18)6-7-15(14)22-9-8-19-16(21)20-11-12-4-2-1-3-5-12/h1-7,10H,8-9,11H2,(H2,19,20,21). The third kappa shape index (κ3) is 5.26. The molecular formula is C16H16ClFN2O2. The quantitative estimate of drug-likeness (QED) is 0.801. The van der Waals surface area contributed by atoms with Crippen molar-refractivity contribution in [2.75, 3.05) is 13.2 Å². The first-order valence-electron chi connectivity index (χ1n) is 6.78. The Bertz CT molecular complexity index is 623. The number of hydrogen-bond donors (Lipinski definition) is 2. The monoisotopic (exact) mass is 322 g/mol. The lowest BCUT2D eigenvalue weighted by Crippen LogP contribution is -2.37. The summed E-state index contributed by atoms with van der Waals surface area (Å²) in [6.45, 7) is 1.01. The van der Waals surface area contributed by atoms with Crippen LogP contribution in [0, 0.1) is 5.82 Å². The summed E-state index contributed by atoms with van der Waals surface area (Å²) >= 11 is 5.82. The Kier molecular flexibility index (Phi) is 6.03. The van der Waals surface area contributed by atoms with Crippen molar-refractivity contribution in [3.8, 4) is 5.75 Å². The summed E-state index contributed by atoms with van der Waals surface area (Å²) in [6, 6.07) is 13.2. The summed E-state index contributed by atoms with van der Waals surface area (Å²) in [5.74, 6) is -0.0367. The van der Waals surface area contributed by atoms with Crippen molar-refractivity contribution in [3.63, 3.8) is 0 Å². The molecule has 0 aromatic heterocycles. The Morgan fingerprint density at radius 2 is 1.91 bits per heavy atom. The van der Waals surface area contributed by atoms with Gasteiger partial charge in [0.25, 0.3) is 0 Å². The molecule has 0 saturated heterocycles. The number of urea groups is 1. The van der Waals surface area contributed by atoms with Crippen LogP contribution in [0.5, 0.6) is 5.75 Å². The maximum absolute atomic E-state index is 12.9. The highest BCUT2D eigenvalue weighted by Crippen LogP contribution is 2.24. The predicted molar refractivity (Wildman–Crippen MR) is 83.6 cm³/mol. The fourth-order valence-electron chi connectivity index (χ4n) is 1.76. The van der Waals surface area contributed by atoms with Crippen LogP contribution in [-0.4, -0.2) is 19.2 Å². The van der Waals surface area contributed by atoms with Crippen LogP contribution in [0.1, 0.15) is 5.56 Å². The van der Waals surface area contributed by atoms with Crippen molar-refractivity contribution < 1.29 is 13.9 Å². The summed E-state index contributed by atoms with van der Waals surface area (Å²) in [7, 11) is 0. The molecule has 116 valence electrons. The summed E-state index contributed by atoms with van der Waals surface area (Å²) in [5, 5.41) is 5.60. The number of hydrogen-bond acceptors (Lipinski definition) is 2. The molecule has 22 heavy (non-hydrogen) atoms. The smallest absolute Gasteiger partial charge is 0.315 e. The van der Waals surface area contributed by atoms with E-state index in [4.69, 9.17) is 16.3 Å². The van der Waals surface area contributed by atoms with E-state index < -0.39 is 5.82 Å². The molecule has 0 aliphatic rings. The van der Waals surface area contributed by atoms with E-state index in [0.29, 0.717) is 18.8 Å². The van der Waals surface area contributed by atoms with Gasteiger partial charge in [-0.25, -0.2) is 9.18 Å². The molecule has 4 nitrogen and oxygen atoms in total. The molecule has 2 N–H and O–H groups in total. The Hall–Kier alpha value is -2.27. The minimum Gasteiger partial charge on any atom is -0.490 e. The van der Waals surface area contributed by atoms with Crippen LogP contribution in [-0.2, 0) is 6.54 Å². The fourth-order valence-corrected chi connectivity index (χ4v) is 1.98. The molecule has 2 aromatic carbocycles. The van der Waals surface area contributed by atoms with Crippen LogP contribution < -0.4 is 15.4 Å². The number of amides is 2. The normalized spacial score (nSPS) is 10.1. The van der Waals surface area contributed by atoms with E-state index in [2.05, 4.69) is 10.6 Å². The van der Waals surface area contributed by atoms with Crippen molar-refractivity contribution in [1.82, 2.24) is 10.6 Å². The van der Waals surface area contributed by atoms with E-state index in [1.165, 1.54) is 18.2 Å². The first-order chi connectivity index (χ1) is 10.6. The van der Waals surface area contributed by atoms with E-state index in [-0.39, 0.29) is 17.7 Å². The van der Waals surface area contributed by atoms with Gasteiger partial charge in [-0.1, -0.05) is 41.9 Å². The average Bonchev–Trinajstić information content (AvgIpc) is 2.52. The van der Waals surface area contributed by atoms with Crippen molar-refractivity contribution in [3.05, 3.63) is 64.9 Å². The van der Waals surface area contributed by atoms with E-state index in [1.54, 1.807) is 0 Å². The van der Waals surface area contributed by atoms with Crippen LogP contribution in [0.4, 0.5) is 9.18 Å². The van der Waals surface area contributed by atoms with Crippen molar-refractivity contribution in [2.24, 2.45) is 0 Å². The highest BCUT2D eigenvalue weighted by atomic mass is 35.5. The Balaban J connectivity index is 1.65. The van der Waals surface area contributed by atoms with Crippen LogP contribution >= 0.6 is 11.6 Å². The molecule has 0 unspecified atom stereocenters. The van der Waals surface area contributed by atoms with Gasteiger partial charge in [0.15, 0.2) is 0 Å². The first kappa shape index (κ1) is 16.1. The summed E-state index contributed by atoms with van der Waals surface area (Å²) < 4.78 is 18.2. The molecule has 0 saturated carbocycles. The molecule has 0 bridgehead atoms. The van der Waals surface area contributed by atoms with Crippen LogP contribution in [0.15, 0.2) is 48.5 Å². The molecule has 0 aliphatic carbocycles. The minimum atomic E-state index is -0.421. The van der Waals surface area contributed by atoms with Gasteiger partial charge in [-0.3, -0.25) is 0 Å². The topological polar surface area (TPSA) is 50.4 Å². The van der Waals surface area contributed by atoms with Gasteiger partial charge in [0.2, 0.25) is 0 Å². The summed E-state index contributed by atoms with van der Waals surface area (Å²) in [6.07, 6.45) is 0. The van der Waals surface area contributed by atoms with Gasteiger partial charge in [0.05, 0.1) is 11.6 Å². The van der Waals surface area contributed by atoms with Gasteiger partial charge in [0.1, 0.15) is 18.2 Å². The van der Waals surface area contributed by atoms with Crippen LogP contribution in [0.3, 0.4) is 0 Å². The largest absolute Gasteiger partial charge is 0.490 e. The van der Waals surface area contributed by atoms with Crippen molar-refractivity contribution >= 4 is 17.6 Å². The van der Waals surface area contributed by atoms with Crippen LogP contribution in [0.2, 0.25) is 5.02 Å². The lowest BCUT2D eigenvalue weighted by atomic mass is 10.2. The zero-order chi connectivity index (χ0) is 15.8. The van der Waals surface area contributed by atoms with Gasteiger partial charge in [0, 0.05) is 6.54 Å². The molecule has 0 heterocycles. The van der Waals surface area contributed by atoms with Crippen LogP contribution in [0.25, 0.3) is 0 Å². The van der Waals surface area contributed by atoms with E-state index in [9.17, 15) is 9.18 Å². The molecule has 0 aliphatic heterocycles. The van der Waals surface area contributed by atoms with E-state index in [0.717, 1.165) is 5.56 Å². The maximum Gasteiger partial charge on any atom is 0.315 e. The Morgan fingerprint density at radius 3 is 2.64 bits per heavy atom. The number of ether oxygens (including phenoxy) is 1. The number of carbonyl (C=O) groups excluding carboxylic acids is 1. The van der Waals surface area contributed by atoms with E-state index >= 15 is 0 Å². The molecule has 0 spiro atoms. The highest BCUT2D eigenvalue weighted by Gasteiger charge is 2.04. The number of halogens is 2. The molecule has 0 atom stereocenters. The summed E-state index contributed by atoms with van der Waals surface area (Å²) in [5.41, 5.74) is 1.02. The number of carbonyl (C=O) groups is 1. The SMILES string of the molecule is O=C(NCCOc1ccc(F)cc1Cl)NCc1ccccc1. The molecule has 2 aromatic rings. The lowest BCUT2D eigenvalue weighted by Gasteiger charge is -2.10. The zero-order valence-electron chi connectivity index (χ0n) is 11.8. The second kappa shape index (κ2) is 8.24. The molecule has 0 fully saturated rings. The lowest BCUT2D eigenvalue weighted by molar-refractivity contribution is 0.236. The Morgan fingerprint density at radius 1 is 1.14 bits per heavy atom. The minimum absolute atomic E-state index is 0.202. The molecule has 0 radical (unpaired) electrons. The second-order valence-corrected chi connectivity index (χ2v) is 4.93. The molecule has 2 amide bonds. The third-order valence-electron chi connectivity index (χ3n) is 2.84. The van der Waals surface area contributed by atoms with Gasteiger partial charge < -0.3 is 15.4 Å². The third-order valence-corrected chi connectivity index (χ3v) is 3.13. The number of rotatable bonds is 6. The van der Waals surface area contributed by atoms with Gasteiger partial charge >= 0.3 is 6.03 Å². The fraction of sp³-hybridized carbons (Fsp3) is 0.188. The average molecular weight is 323 g/mol. The maximum atomic E-state index is 12.9. The Labute approximate surface area is 133 Å². The molecule has 6 heteroatoms. The molecular weight excluding hydrogens is 307 g/mol. The van der Waals surface area contributed by atoms with Crippen molar-refractivity contribution in [2.45, 2.75) is 6.54 Å².